The Bertz CT molecular complexity index is 1530. The van der Waals surface area contributed by atoms with Crippen molar-refractivity contribution in [3.63, 3.8) is 0 Å². The largest absolute Gasteiger partial charge is 0.493 e. The molecule has 1 aromatic carbocycles. The van der Waals surface area contributed by atoms with Crippen LogP contribution in [-0.2, 0) is 19.5 Å². The number of halogens is 1. The van der Waals surface area contributed by atoms with Crippen molar-refractivity contribution in [1.82, 2.24) is 24.3 Å². The monoisotopic (exact) mass is 470 g/mol. The maximum Gasteiger partial charge on any atom is 0.275 e. The van der Waals surface area contributed by atoms with Crippen LogP contribution in [0.2, 0.25) is 0 Å². The molecular formula is C26H23FN6O2. The highest BCUT2D eigenvalue weighted by atomic mass is 19.1. The summed E-state index contributed by atoms with van der Waals surface area (Å²) in [5, 5.41) is 3.27. The van der Waals surface area contributed by atoms with E-state index in [1.807, 2.05) is 24.1 Å². The summed E-state index contributed by atoms with van der Waals surface area (Å²) in [5.41, 5.74) is 6.27. The van der Waals surface area contributed by atoms with Gasteiger partial charge >= 0.3 is 0 Å². The molecule has 176 valence electrons. The molecule has 2 aliphatic heterocycles. The number of carbonyl (C=O) groups is 1. The van der Waals surface area contributed by atoms with E-state index in [-0.39, 0.29) is 24.3 Å². The van der Waals surface area contributed by atoms with Crippen LogP contribution in [0.15, 0.2) is 36.9 Å². The van der Waals surface area contributed by atoms with Gasteiger partial charge in [0.2, 0.25) is 5.95 Å². The second-order valence-corrected chi connectivity index (χ2v) is 9.41. The second-order valence-electron chi connectivity index (χ2n) is 9.41. The predicted octanol–water partition coefficient (Wildman–Crippen LogP) is 3.90. The lowest BCUT2D eigenvalue weighted by atomic mass is 9.98. The third kappa shape index (κ3) is 3.18. The average Bonchev–Trinajstić information content (AvgIpc) is 3.40. The normalized spacial score (nSPS) is 16.5. The lowest BCUT2D eigenvalue weighted by Gasteiger charge is -2.26. The Kier molecular flexibility index (Phi) is 4.36. The van der Waals surface area contributed by atoms with Crippen LogP contribution < -0.4 is 10.1 Å². The zero-order valence-electron chi connectivity index (χ0n) is 19.2. The minimum Gasteiger partial charge on any atom is -0.493 e. The Morgan fingerprint density at radius 3 is 2.89 bits per heavy atom. The lowest BCUT2D eigenvalue weighted by molar-refractivity contribution is 0.0726. The molecule has 4 aromatic rings. The van der Waals surface area contributed by atoms with Crippen molar-refractivity contribution in [2.75, 3.05) is 11.9 Å². The second kappa shape index (κ2) is 7.49. The first-order valence-corrected chi connectivity index (χ1v) is 11.9. The number of fused-ring (bicyclic) bond motifs is 3. The zero-order valence-corrected chi connectivity index (χ0v) is 19.2. The van der Waals surface area contributed by atoms with Gasteiger partial charge in [-0.2, -0.15) is 0 Å². The van der Waals surface area contributed by atoms with Gasteiger partial charge in [0.25, 0.3) is 5.91 Å². The summed E-state index contributed by atoms with van der Waals surface area (Å²) in [4.78, 5) is 29.2. The van der Waals surface area contributed by atoms with Crippen LogP contribution in [0.1, 0.15) is 45.7 Å². The van der Waals surface area contributed by atoms with E-state index in [2.05, 4.69) is 20.3 Å². The summed E-state index contributed by atoms with van der Waals surface area (Å²) in [6.07, 6.45) is 7.93. The van der Waals surface area contributed by atoms with E-state index in [9.17, 15) is 9.18 Å². The first kappa shape index (κ1) is 20.4. The molecule has 8 nitrogen and oxygen atoms in total. The number of anilines is 1. The zero-order chi connectivity index (χ0) is 23.7. The van der Waals surface area contributed by atoms with Gasteiger partial charge in [0.05, 0.1) is 12.1 Å². The number of hydrogen-bond donors (Lipinski definition) is 1. The molecule has 1 fully saturated rings. The van der Waals surface area contributed by atoms with E-state index < -0.39 is 0 Å². The molecular weight excluding hydrogens is 447 g/mol. The van der Waals surface area contributed by atoms with E-state index in [0.29, 0.717) is 42.3 Å². The molecule has 0 radical (unpaired) electrons. The van der Waals surface area contributed by atoms with Crippen molar-refractivity contribution >= 4 is 17.4 Å². The number of carbonyl (C=O) groups excluding carboxylic acids is 1. The van der Waals surface area contributed by atoms with Crippen molar-refractivity contribution in [3.05, 3.63) is 70.8 Å². The number of imidazole rings is 1. The quantitative estimate of drug-likeness (QED) is 0.487. The molecule has 5 heterocycles. The third-order valence-corrected chi connectivity index (χ3v) is 7.14. The standard InChI is InChI=1S/C26H23FN6O2/c1-14-8-15-12-32(16-2-3-16)25(34)23-24-20(18(15)9-28-14)11-30-26(33(24)13-31-23)29-10-19-17-6-7-35-22(17)5-4-21(19)27/h4-5,8-9,11,13,16H,2-3,6-7,10,12H2,1H3,(H,29,30). The first-order valence-electron chi connectivity index (χ1n) is 11.9. The smallest absolute Gasteiger partial charge is 0.275 e. The average molecular weight is 471 g/mol. The van der Waals surface area contributed by atoms with Crippen LogP contribution in [0.3, 0.4) is 0 Å². The molecule has 0 bridgehead atoms. The van der Waals surface area contributed by atoms with Gasteiger partial charge in [-0.3, -0.25) is 14.2 Å². The molecule has 3 aliphatic rings. The summed E-state index contributed by atoms with van der Waals surface area (Å²) in [7, 11) is 0. The summed E-state index contributed by atoms with van der Waals surface area (Å²) in [5.74, 6) is 0.874. The van der Waals surface area contributed by atoms with E-state index >= 15 is 0 Å². The Balaban J connectivity index is 1.35. The number of pyridine rings is 1. The number of ether oxygens (including phenoxy) is 1. The Morgan fingerprint density at radius 1 is 1.17 bits per heavy atom. The molecule has 0 atom stereocenters. The van der Waals surface area contributed by atoms with Gasteiger partial charge in [-0.25, -0.2) is 14.4 Å². The van der Waals surface area contributed by atoms with Crippen LogP contribution in [0.25, 0.3) is 16.6 Å². The van der Waals surface area contributed by atoms with Crippen molar-refractivity contribution in [2.45, 2.75) is 45.3 Å². The number of aryl methyl sites for hydroxylation is 1. The fourth-order valence-corrected chi connectivity index (χ4v) is 5.24. The molecule has 0 spiro atoms. The van der Waals surface area contributed by atoms with Crippen LogP contribution in [0.5, 0.6) is 5.75 Å². The van der Waals surface area contributed by atoms with Crippen molar-refractivity contribution in [1.29, 1.82) is 0 Å². The number of aromatic nitrogens is 4. The van der Waals surface area contributed by atoms with Gasteiger partial charge in [0.1, 0.15) is 17.9 Å². The minimum atomic E-state index is -0.277. The highest BCUT2D eigenvalue weighted by molar-refractivity contribution is 6.04. The Hall–Kier alpha value is -4.01. The molecule has 0 unspecified atom stereocenters. The number of amides is 1. The van der Waals surface area contributed by atoms with Gasteiger partial charge in [-0.15, -0.1) is 0 Å². The van der Waals surface area contributed by atoms with Crippen LogP contribution in [-0.4, -0.2) is 42.8 Å². The first-order chi connectivity index (χ1) is 17.1. The molecule has 9 heteroatoms. The summed E-state index contributed by atoms with van der Waals surface area (Å²) < 4.78 is 22.1. The summed E-state index contributed by atoms with van der Waals surface area (Å²) >= 11 is 0. The maximum absolute atomic E-state index is 14.7. The summed E-state index contributed by atoms with van der Waals surface area (Å²) in [6.45, 7) is 3.28. The number of rotatable bonds is 4. The SMILES string of the molecule is Cc1cc2c(cn1)-c1cnc(NCc3c(F)ccc4c3CCO4)n3cnc(c13)C(=O)N(C1CC1)C2. The van der Waals surface area contributed by atoms with Crippen LogP contribution in [0.4, 0.5) is 10.3 Å². The predicted molar refractivity (Wildman–Crippen MR) is 127 cm³/mol. The molecule has 3 aromatic heterocycles. The number of benzene rings is 1. The topological polar surface area (TPSA) is 84.6 Å². The maximum atomic E-state index is 14.7. The molecule has 1 N–H and O–H groups in total. The van der Waals surface area contributed by atoms with E-state index in [0.717, 1.165) is 46.5 Å². The number of nitrogens with zero attached hydrogens (tertiary/aromatic N) is 5. The number of hydrogen-bond acceptors (Lipinski definition) is 6. The van der Waals surface area contributed by atoms with E-state index in [1.54, 1.807) is 23.0 Å². The van der Waals surface area contributed by atoms with Gasteiger partial charge in [0.15, 0.2) is 5.69 Å². The van der Waals surface area contributed by atoms with Gasteiger partial charge < -0.3 is 15.0 Å². The molecule has 1 amide bonds. The molecule has 1 saturated carbocycles. The van der Waals surface area contributed by atoms with Gasteiger partial charge in [0, 0.05) is 65.9 Å². The van der Waals surface area contributed by atoms with Crippen LogP contribution in [0, 0.1) is 12.7 Å². The van der Waals surface area contributed by atoms with E-state index in [4.69, 9.17) is 4.74 Å². The molecule has 7 rings (SSSR count). The fraction of sp³-hybridized carbons (Fsp3) is 0.308. The minimum absolute atomic E-state index is 0.0717. The Labute approximate surface area is 200 Å². The molecule has 35 heavy (non-hydrogen) atoms. The highest BCUT2D eigenvalue weighted by Crippen LogP contribution is 2.38. The van der Waals surface area contributed by atoms with Gasteiger partial charge in [-0.05, 0) is 43.5 Å². The lowest BCUT2D eigenvalue weighted by Crippen LogP contribution is -2.34. The number of nitrogens with one attached hydrogen (secondary N) is 1. The van der Waals surface area contributed by atoms with Crippen molar-refractivity contribution in [3.8, 4) is 16.9 Å². The van der Waals surface area contributed by atoms with Crippen molar-refractivity contribution in [2.24, 2.45) is 0 Å². The molecule has 1 aliphatic carbocycles. The molecule has 0 saturated heterocycles. The van der Waals surface area contributed by atoms with Crippen LogP contribution >= 0.6 is 0 Å². The third-order valence-electron chi connectivity index (χ3n) is 7.14. The fourth-order valence-electron chi connectivity index (χ4n) is 5.24. The Morgan fingerprint density at radius 2 is 2.03 bits per heavy atom. The van der Waals surface area contributed by atoms with Gasteiger partial charge in [-0.1, -0.05) is 0 Å². The van der Waals surface area contributed by atoms with Crippen molar-refractivity contribution < 1.29 is 13.9 Å². The van der Waals surface area contributed by atoms with E-state index in [1.165, 1.54) is 6.07 Å². The highest BCUT2D eigenvalue weighted by Gasteiger charge is 2.37. The summed E-state index contributed by atoms with van der Waals surface area (Å²) in [6, 6.07) is 5.40.